The summed E-state index contributed by atoms with van der Waals surface area (Å²) in [5, 5.41) is 15.8. The van der Waals surface area contributed by atoms with Crippen molar-refractivity contribution in [1.29, 1.82) is 0 Å². The molecule has 0 saturated carbocycles. The van der Waals surface area contributed by atoms with E-state index in [1.165, 1.54) is 6.21 Å². The van der Waals surface area contributed by atoms with Crippen molar-refractivity contribution in [3.8, 4) is 0 Å². The summed E-state index contributed by atoms with van der Waals surface area (Å²) < 4.78 is 0. The molecule has 1 amide bonds. The summed E-state index contributed by atoms with van der Waals surface area (Å²) in [5.41, 5.74) is 2.29. The Kier molecular flexibility index (Phi) is 5.46. The Morgan fingerprint density at radius 2 is 1.38 bits per heavy atom. The lowest BCUT2D eigenvalue weighted by Gasteiger charge is -2.27. The van der Waals surface area contributed by atoms with Crippen LogP contribution in [0.3, 0.4) is 0 Å². The molecule has 0 aliphatic rings. The number of halogens is 1. The van der Waals surface area contributed by atoms with Crippen LogP contribution < -0.4 is 5.43 Å². The van der Waals surface area contributed by atoms with Crippen molar-refractivity contribution >= 4 is 23.7 Å². The average Bonchev–Trinajstić information content (AvgIpc) is 2.70. The molecule has 0 unspecified atom stereocenters. The number of hydrogen-bond donors (Lipinski definition) is 2. The molecule has 4 nitrogen and oxygen atoms in total. The highest BCUT2D eigenvalue weighted by Gasteiger charge is 2.39. The third-order valence-corrected chi connectivity index (χ3v) is 4.21. The minimum atomic E-state index is -1.85. The molecular weight excluding hydrogens is 348 g/mol. The zero-order valence-electron chi connectivity index (χ0n) is 13.8. The fraction of sp³-hybridized carbons (Fsp3) is 0.0476. The number of nitrogens with one attached hydrogen (secondary N) is 1. The predicted octanol–water partition coefficient (Wildman–Crippen LogP) is 3.73. The van der Waals surface area contributed by atoms with E-state index in [0.717, 1.165) is 5.56 Å². The summed E-state index contributed by atoms with van der Waals surface area (Å²) in [5.74, 6) is -0.639. The highest BCUT2D eigenvalue weighted by Crippen LogP contribution is 2.29. The first-order valence-corrected chi connectivity index (χ1v) is 8.41. The van der Waals surface area contributed by atoms with E-state index in [1.807, 2.05) is 12.1 Å². The summed E-state index contributed by atoms with van der Waals surface area (Å²) >= 11 is 5.84. The minimum absolute atomic E-state index is 0.463. The molecule has 0 aromatic heterocycles. The number of carbonyl (C=O) groups excluding carboxylic acids is 1. The van der Waals surface area contributed by atoms with E-state index in [-0.39, 0.29) is 0 Å². The molecule has 3 aromatic carbocycles. The Bertz CT molecular complexity index is 855. The van der Waals surface area contributed by atoms with Gasteiger partial charge in [0.05, 0.1) is 6.21 Å². The van der Waals surface area contributed by atoms with Gasteiger partial charge in [-0.2, -0.15) is 5.10 Å². The van der Waals surface area contributed by atoms with Gasteiger partial charge < -0.3 is 5.11 Å². The molecular formula is C21H17ClN2O2. The molecule has 3 aromatic rings. The maximum Gasteiger partial charge on any atom is 0.281 e. The lowest BCUT2D eigenvalue weighted by atomic mass is 9.85. The number of carbonyl (C=O) groups is 1. The van der Waals surface area contributed by atoms with E-state index in [2.05, 4.69) is 10.5 Å². The smallest absolute Gasteiger partial charge is 0.281 e. The van der Waals surface area contributed by atoms with E-state index < -0.39 is 11.5 Å². The van der Waals surface area contributed by atoms with Crippen molar-refractivity contribution < 1.29 is 9.90 Å². The summed E-state index contributed by atoms with van der Waals surface area (Å²) in [6.07, 6.45) is 1.49. The molecule has 0 fully saturated rings. The van der Waals surface area contributed by atoms with Crippen LogP contribution in [0.1, 0.15) is 16.7 Å². The zero-order valence-corrected chi connectivity index (χ0v) is 14.6. The molecule has 0 bridgehead atoms. The number of benzene rings is 3. The van der Waals surface area contributed by atoms with Crippen LogP contribution in [0.4, 0.5) is 0 Å². The second-order valence-corrected chi connectivity index (χ2v) is 6.13. The standard InChI is InChI=1S/C21H17ClN2O2/c22-19-13-11-16(12-14-19)15-23-24-20(25)21(26,17-7-3-1-4-8-17)18-9-5-2-6-10-18/h1-15,26H,(H,24,25). The normalized spacial score (nSPS) is 11.5. The number of hydrogen-bond acceptors (Lipinski definition) is 3. The van der Waals surface area contributed by atoms with Gasteiger partial charge in [0, 0.05) is 5.02 Å². The Morgan fingerprint density at radius 3 is 1.88 bits per heavy atom. The van der Waals surface area contributed by atoms with Crippen LogP contribution in [-0.4, -0.2) is 17.2 Å². The fourth-order valence-electron chi connectivity index (χ4n) is 2.58. The monoisotopic (exact) mass is 364 g/mol. The molecule has 2 N–H and O–H groups in total. The van der Waals surface area contributed by atoms with Crippen molar-refractivity contribution in [3.05, 3.63) is 107 Å². The maximum atomic E-state index is 12.8. The first kappa shape index (κ1) is 17.9. The largest absolute Gasteiger partial charge is 0.372 e. The number of amides is 1. The third kappa shape index (κ3) is 3.82. The Labute approximate surface area is 156 Å². The first-order valence-electron chi connectivity index (χ1n) is 8.03. The van der Waals surface area contributed by atoms with Crippen LogP contribution in [0, 0.1) is 0 Å². The van der Waals surface area contributed by atoms with Crippen LogP contribution in [-0.2, 0) is 10.4 Å². The van der Waals surface area contributed by atoms with Gasteiger partial charge in [-0.3, -0.25) is 4.79 Å². The van der Waals surface area contributed by atoms with E-state index in [9.17, 15) is 9.90 Å². The van der Waals surface area contributed by atoms with Gasteiger partial charge in [0.2, 0.25) is 0 Å². The second kappa shape index (κ2) is 7.95. The van der Waals surface area contributed by atoms with E-state index >= 15 is 0 Å². The lowest BCUT2D eigenvalue weighted by molar-refractivity contribution is -0.136. The summed E-state index contributed by atoms with van der Waals surface area (Å²) in [6, 6.07) is 24.6. The van der Waals surface area contributed by atoms with Gasteiger partial charge in [0.1, 0.15) is 0 Å². The molecule has 0 spiro atoms. The zero-order chi connectivity index (χ0) is 18.4. The Balaban J connectivity index is 1.87. The van der Waals surface area contributed by atoms with Crippen molar-refractivity contribution in [1.82, 2.24) is 5.43 Å². The van der Waals surface area contributed by atoms with Crippen LogP contribution in [0.15, 0.2) is 90.0 Å². The average molecular weight is 365 g/mol. The minimum Gasteiger partial charge on any atom is -0.372 e. The molecule has 0 aliphatic heterocycles. The molecule has 0 saturated heterocycles. The van der Waals surface area contributed by atoms with Crippen LogP contribution in [0.25, 0.3) is 0 Å². The summed E-state index contributed by atoms with van der Waals surface area (Å²) in [6.45, 7) is 0. The first-order chi connectivity index (χ1) is 12.6. The van der Waals surface area contributed by atoms with Crippen molar-refractivity contribution in [2.24, 2.45) is 5.10 Å². The number of aliphatic hydroxyl groups is 1. The van der Waals surface area contributed by atoms with Gasteiger partial charge in [-0.15, -0.1) is 0 Å². The van der Waals surface area contributed by atoms with Gasteiger partial charge in [0.15, 0.2) is 5.60 Å². The van der Waals surface area contributed by atoms with E-state index in [1.54, 1.807) is 72.8 Å². The quantitative estimate of drug-likeness (QED) is 0.535. The fourth-order valence-corrected chi connectivity index (χ4v) is 2.71. The Hall–Kier alpha value is -2.95. The topological polar surface area (TPSA) is 61.7 Å². The van der Waals surface area contributed by atoms with Crippen LogP contribution in [0.5, 0.6) is 0 Å². The second-order valence-electron chi connectivity index (χ2n) is 5.69. The van der Waals surface area contributed by atoms with Gasteiger partial charge in [-0.05, 0) is 28.8 Å². The van der Waals surface area contributed by atoms with Gasteiger partial charge in [0.25, 0.3) is 5.91 Å². The van der Waals surface area contributed by atoms with E-state index in [0.29, 0.717) is 16.1 Å². The Morgan fingerprint density at radius 1 is 0.885 bits per heavy atom. The maximum absolute atomic E-state index is 12.8. The summed E-state index contributed by atoms with van der Waals surface area (Å²) in [7, 11) is 0. The van der Waals surface area contributed by atoms with Crippen LogP contribution in [0.2, 0.25) is 5.02 Å². The molecule has 26 heavy (non-hydrogen) atoms. The third-order valence-electron chi connectivity index (χ3n) is 3.96. The van der Waals surface area contributed by atoms with E-state index in [4.69, 9.17) is 11.6 Å². The molecule has 0 heterocycles. The number of hydrazone groups is 1. The lowest BCUT2D eigenvalue weighted by Crippen LogP contribution is -2.43. The van der Waals surface area contributed by atoms with Crippen molar-refractivity contribution in [3.63, 3.8) is 0 Å². The molecule has 3 rings (SSSR count). The molecule has 130 valence electrons. The molecule has 0 atom stereocenters. The highest BCUT2D eigenvalue weighted by molar-refractivity contribution is 6.30. The predicted molar refractivity (Wildman–Crippen MR) is 103 cm³/mol. The van der Waals surface area contributed by atoms with Gasteiger partial charge in [-0.1, -0.05) is 84.4 Å². The summed E-state index contributed by atoms with van der Waals surface area (Å²) in [4.78, 5) is 12.8. The SMILES string of the molecule is O=C(NN=Cc1ccc(Cl)cc1)C(O)(c1ccccc1)c1ccccc1. The van der Waals surface area contributed by atoms with Gasteiger partial charge >= 0.3 is 0 Å². The molecule has 0 aliphatic carbocycles. The van der Waals surface area contributed by atoms with Crippen LogP contribution >= 0.6 is 11.6 Å². The highest BCUT2D eigenvalue weighted by atomic mass is 35.5. The molecule has 0 radical (unpaired) electrons. The number of rotatable bonds is 5. The van der Waals surface area contributed by atoms with Gasteiger partial charge in [-0.25, -0.2) is 5.43 Å². The molecule has 5 heteroatoms. The number of nitrogens with zero attached hydrogens (tertiary/aromatic N) is 1. The van der Waals surface area contributed by atoms with Crippen molar-refractivity contribution in [2.75, 3.05) is 0 Å². The van der Waals surface area contributed by atoms with Crippen molar-refractivity contribution in [2.45, 2.75) is 5.60 Å².